The number of hydrogen-bond donors (Lipinski definition) is 1. The van der Waals surface area contributed by atoms with Crippen molar-refractivity contribution in [3.8, 4) is 17.0 Å². The Morgan fingerprint density at radius 2 is 1.83 bits per heavy atom. The zero-order chi connectivity index (χ0) is 25.1. The van der Waals surface area contributed by atoms with Crippen LogP contribution in [0.4, 0.5) is 4.39 Å². The fourth-order valence-electron chi connectivity index (χ4n) is 3.83. The van der Waals surface area contributed by atoms with Crippen LogP contribution in [0.1, 0.15) is 25.3 Å². The van der Waals surface area contributed by atoms with Gasteiger partial charge in [0.05, 0.1) is 12.3 Å². The maximum Gasteiger partial charge on any atom is 0.350 e. The standard InChI is InChI=1S/C26H25FN6O3/c1-2-3-14-36-21-10-6-19(7-11-21)22-15-23-25-30-33(26(35)31(25)12-13-32(23)29-22)17-24(34)28-16-18-4-8-20(27)9-5-18/h4-13,15H,2-3,14,16-17H2,1H3,(H,28,34). The number of fused-ring (bicyclic) bond motifs is 3. The zero-order valence-electron chi connectivity index (χ0n) is 19.7. The molecule has 0 saturated heterocycles. The second-order valence-electron chi connectivity index (χ2n) is 8.42. The Morgan fingerprint density at radius 1 is 1.06 bits per heavy atom. The summed E-state index contributed by atoms with van der Waals surface area (Å²) in [6.45, 7) is 2.78. The van der Waals surface area contributed by atoms with E-state index in [1.54, 1.807) is 29.0 Å². The molecule has 0 unspecified atom stereocenters. The Morgan fingerprint density at radius 3 is 2.58 bits per heavy atom. The molecule has 5 aromatic rings. The van der Waals surface area contributed by atoms with Crippen molar-refractivity contribution in [3.05, 3.63) is 88.9 Å². The van der Waals surface area contributed by atoms with E-state index < -0.39 is 5.69 Å². The van der Waals surface area contributed by atoms with Crippen LogP contribution >= 0.6 is 0 Å². The van der Waals surface area contributed by atoms with Crippen molar-refractivity contribution in [2.24, 2.45) is 0 Å². The van der Waals surface area contributed by atoms with Crippen LogP contribution < -0.4 is 15.7 Å². The Hall–Kier alpha value is -4.47. The summed E-state index contributed by atoms with van der Waals surface area (Å²) >= 11 is 0. The smallest absolute Gasteiger partial charge is 0.350 e. The van der Waals surface area contributed by atoms with Gasteiger partial charge >= 0.3 is 5.69 Å². The second kappa shape index (κ2) is 10.0. The average molecular weight is 489 g/mol. The van der Waals surface area contributed by atoms with Gasteiger partial charge in [-0.25, -0.2) is 22.8 Å². The summed E-state index contributed by atoms with van der Waals surface area (Å²) in [4.78, 5) is 25.3. The molecule has 0 atom stereocenters. The van der Waals surface area contributed by atoms with Gasteiger partial charge in [-0.2, -0.15) is 5.10 Å². The summed E-state index contributed by atoms with van der Waals surface area (Å²) in [7, 11) is 0. The van der Waals surface area contributed by atoms with E-state index in [-0.39, 0.29) is 24.8 Å². The molecule has 184 valence electrons. The number of carbonyl (C=O) groups is 1. The predicted molar refractivity (Wildman–Crippen MR) is 132 cm³/mol. The van der Waals surface area contributed by atoms with Crippen molar-refractivity contribution in [1.29, 1.82) is 0 Å². The van der Waals surface area contributed by atoms with Crippen molar-refractivity contribution < 1.29 is 13.9 Å². The molecule has 10 heteroatoms. The summed E-state index contributed by atoms with van der Waals surface area (Å²) in [5, 5.41) is 11.7. The van der Waals surface area contributed by atoms with Crippen LogP contribution in [0.15, 0.2) is 71.8 Å². The summed E-state index contributed by atoms with van der Waals surface area (Å²) in [6.07, 6.45) is 5.33. The molecular weight excluding hydrogens is 463 g/mol. The molecule has 0 spiro atoms. The van der Waals surface area contributed by atoms with Crippen LogP contribution in [-0.2, 0) is 17.9 Å². The van der Waals surface area contributed by atoms with E-state index >= 15 is 0 Å². The van der Waals surface area contributed by atoms with Crippen molar-refractivity contribution in [3.63, 3.8) is 0 Å². The summed E-state index contributed by atoms with van der Waals surface area (Å²) in [5.74, 6) is 0.0850. The SMILES string of the molecule is CCCCOc1ccc(-c2cc3c4nn(CC(=O)NCc5ccc(F)cc5)c(=O)n4ccn3n2)cc1. The van der Waals surface area contributed by atoms with Gasteiger partial charge in [0.2, 0.25) is 5.91 Å². The molecule has 2 aromatic carbocycles. The molecule has 3 heterocycles. The zero-order valence-corrected chi connectivity index (χ0v) is 19.7. The molecule has 1 amide bonds. The highest BCUT2D eigenvalue weighted by Crippen LogP contribution is 2.24. The number of benzene rings is 2. The third-order valence-electron chi connectivity index (χ3n) is 5.81. The lowest BCUT2D eigenvalue weighted by Crippen LogP contribution is -2.32. The Bertz CT molecular complexity index is 1570. The summed E-state index contributed by atoms with van der Waals surface area (Å²) in [5.41, 5.74) is 2.98. The maximum absolute atomic E-state index is 13.0. The first-order chi connectivity index (χ1) is 17.5. The van der Waals surface area contributed by atoms with Gasteiger partial charge in [-0.05, 0) is 54.4 Å². The lowest BCUT2D eigenvalue weighted by Gasteiger charge is -2.05. The van der Waals surface area contributed by atoms with E-state index in [1.165, 1.54) is 16.5 Å². The lowest BCUT2D eigenvalue weighted by atomic mass is 10.1. The van der Waals surface area contributed by atoms with Crippen LogP contribution in [0.2, 0.25) is 0 Å². The third-order valence-corrected chi connectivity index (χ3v) is 5.81. The quantitative estimate of drug-likeness (QED) is 0.321. The van der Waals surface area contributed by atoms with E-state index in [0.717, 1.165) is 40.1 Å². The van der Waals surface area contributed by atoms with E-state index in [0.29, 0.717) is 17.8 Å². The molecule has 0 saturated carbocycles. The number of carbonyl (C=O) groups excluding carboxylic acids is 1. The van der Waals surface area contributed by atoms with Gasteiger partial charge in [-0.1, -0.05) is 25.5 Å². The minimum atomic E-state index is -0.430. The van der Waals surface area contributed by atoms with Crippen molar-refractivity contribution >= 4 is 17.1 Å². The van der Waals surface area contributed by atoms with Gasteiger partial charge in [-0.3, -0.25) is 4.79 Å². The number of unbranched alkanes of at least 4 members (excludes halogenated alkanes) is 1. The van der Waals surface area contributed by atoms with Crippen molar-refractivity contribution in [1.82, 2.24) is 29.1 Å². The van der Waals surface area contributed by atoms with Gasteiger partial charge in [0.25, 0.3) is 0 Å². The Labute approximate surface area is 205 Å². The maximum atomic E-state index is 13.0. The highest BCUT2D eigenvalue weighted by molar-refractivity contribution is 5.78. The minimum Gasteiger partial charge on any atom is -0.494 e. The number of ether oxygens (including phenoxy) is 1. The van der Waals surface area contributed by atoms with Crippen LogP contribution in [0.25, 0.3) is 22.4 Å². The van der Waals surface area contributed by atoms with Gasteiger partial charge in [0.15, 0.2) is 5.65 Å². The first-order valence-electron chi connectivity index (χ1n) is 11.7. The Kier molecular flexibility index (Phi) is 6.48. The van der Waals surface area contributed by atoms with Crippen molar-refractivity contribution in [2.75, 3.05) is 6.61 Å². The fourth-order valence-corrected chi connectivity index (χ4v) is 3.83. The topological polar surface area (TPSA) is 94.9 Å². The molecule has 0 aliphatic heterocycles. The number of hydrogen-bond acceptors (Lipinski definition) is 5. The van der Waals surface area contributed by atoms with Gasteiger partial charge < -0.3 is 10.1 Å². The van der Waals surface area contributed by atoms with Crippen LogP contribution in [-0.4, -0.2) is 36.3 Å². The van der Waals surface area contributed by atoms with Crippen LogP contribution in [0.5, 0.6) is 5.75 Å². The molecule has 0 fully saturated rings. The first-order valence-corrected chi connectivity index (χ1v) is 11.7. The number of nitrogens with zero attached hydrogens (tertiary/aromatic N) is 5. The molecule has 1 N–H and O–H groups in total. The molecule has 9 nitrogen and oxygen atoms in total. The lowest BCUT2D eigenvalue weighted by molar-refractivity contribution is -0.122. The molecule has 0 aliphatic rings. The highest BCUT2D eigenvalue weighted by atomic mass is 19.1. The monoisotopic (exact) mass is 488 g/mol. The van der Waals surface area contributed by atoms with E-state index in [1.807, 2.05) is 30.3 Å². The largest absolute Gasteiger partial charge is 0.494 e. The number of aromatic nitrogens is 5. The van der Waals surface area contributed by atoms with Crippen LogP contribution in [0, 0.1) is 5.82 Å². The Balaban J connectivity index is 1.35. The second-order valence-corrected chi connectivity index (χ2v) is 8.42. The first kappa shape index (κ1) is 23.3. The van der Waals surface area contributed by atoms with Gasteiger partial charge in [0, 0.05) is 24.5 Å². The predicted octanol–water partition coefficient (Wildman–Crippen LogP) is 3.45. The van der Waals surface area contributed by atoms with E-state index in [2.05, 4.69) is 22.4 Å². The van der Waals surface area contributed by atoms with E-state index in [4.69, 9.17) is 4.74 Å². The minimum absolute atomic E-state index is 0.222. The summed E-state index contributed by atoms with van der Waals surface area (Å²) in [6, 6.07) is 15.4. The van der Waals surface area contributed by atoms with E-state index in [9.17, 15) is 14.0 Å². The molecule has 0 aliphatic carbocycles. The molecular formula is C26H25FN6O3. The number of rotatable bonds is 9. The fraction of sp³-hybridized carbons (Fsp3) is 0.231. The third kappa shape index (κ3) is 4.83. The van der Waals surface area contributed by atoms with Gasteiger partial charge in [-0.15, -0.1) is 5.10 Å². The molecule has 0 bridgehead atoms. The molecule has 3 aromatic heterocycles. The van der Waals surface area contributed by atoms with Crippen molar-refractivity contribution in [2.45, 2.75) is 32.9 Å². The van der Waals surface area contributed by atoms with Gasteiger partial charge in [0.1, 0.15) is 23.6 Å². The number of halogens is 1. The molecule has 5 rings (SSSR count). The highest BCUT2D eigenvalue weighted by Gasteiger charge is 2.15. The summed E-state index contributed by atoms with van der Waals surface area (Å²) < 4.78 is 22.9. The number of nitrogens with one attached hydrogen (secondary N) is 1. The molecule has 0 radical (unpaired) electrons. The van der Waals surface area contributed by atoms with Crippen LogP contribution in [0.3, 0.4) is 0 Å². The normalized spacial score (nSPS) is 11.3. The number of amides is 1. The molecule has 36 heavy (non-hydrogen) atoms. The average Bonchev–Trinajstić information content (AvgIpc) is 3.46.